The monoisotopic (exact) mass is 538 g/mol. The summed E-state index contributed by atoms with van der Waals surface area (Å²) in [6.45, 7) is 4.40. The molecule has 5 rings (SSSR count). The maximum Gasteiger partial charge on any atom is 0.188 e. The van der Waals surface area contributed by atoms with Crippen LogP contribution in [0, 0.1) is 18.3 Å². The second-order valence-electron chi connectivity index (χ2n) is 11.9. The number of ketones is 1. The normalized spacial score (nSPS) is 24.8. The minimum atomic E-state index is -1.23. The van der Waals surface area contributed by atoms with Crippen molar-refractivity contribution >= 4 is 23.3 Å². The zero-order valence-electron chi connectivity index (χ0n) is 23.8. The second-order valence-corrected chi connectivity index (χ2v) is 11.9. The van der Waals surface area contributed by atoms with E-state index >= 15 is 0 Å². The highest BCUT2D eigenvalue weighted by Gasteiger charge is 2.50. The minimum Gasteiger partial charge on any atom is -0.368 e. The molecule has 2 aliphatic carbocycles. The minimum absolute atomic E-state index is 0.0108. The first-order valence-electron chi connectivity index (χ1n) is 14.9. The summed E-state index contributed by atoms with van der Waals surface area (Å²) in [6, 6.07) is 16.5. The van der Waals surface area contributed by atoms with Gasteiger partial charge in [-0.1, -0.05) is 68.5 Å². The SMILES string of the molecule is Cc1ccc(C2=CC=NC(Nc3ccc(C(=O)/C4=C/CCCCC(CC(O)O)CCCC4)cc3)=C3CC23C)cc1. The first-order chi connectivity index (χ1) is 19.3. The van der Waals surface area contributed by atoms with Crippen LogP contribution < -0.4 is 5.32 Å². The fourth-order valence-electron chi connectivity index (χ4n) is 6.23. The topological polar surface area (TPSA) is 81.9 Å². The van der Waals surface area contributed by atoms with Gasteiger partial charge in [0.25, 0.3) is 0 Å². The quantitative estimate of drug-likeness (QED) is 0.249. The number of hydrogen-bond donors (Lipinski definition) is 3. The summed E-state index contributed by atoms with van der Waals surface area (Å²) in [5.74, 6) is 1.37. The van der Waals surface area contributed by atoms with Gasteiger partial charge in [0.2, 0.25) is 0 Å². The van der Waals surface area contributed by atoms with Crippen LogP contribution in [0.2, 0.25) is 0 Å². The molecule has 5 heteroatoms. The third kappa shape index (κ3) is 6.71. The molecule has 1 saturated carbocycles. The van der Waals surface area contributed by atoms with Gasteiger partial charge in [0, 0.05) is 29.3 Å². The van der Waals surface area contributed by atoms with Crippen molar-refractivity contribution in [1.29, 1.82) is 0 Å². The zero-order valence-corrected chi connectivity index (χ0v) is 23.8. The zero-order chi connectivity index (χ0) is 28.1. The van der Waals surface area contributed by atoms with Crippen LogP contribution in [0.1, 0.15) is 92.6 Å². The number of rotatable bonds is 7. The average Bonchev–Trinajstić information content (AvgIpc) is 3.65. The van der Waals surface area contributed by atoms with Crippen molar-refractivity contribution in [3.8, 4) is 0 Å². The van der Waals surface area contributed by atoms with Crippen LogP contribution in [-0.4, -0.2) is 28.5 Å². The maximum atomic E-state index is 13.4. The van der Waals surface area contributed by atoms with Crippen LogP contribution in [0.5, 0.6) is 0 Å². The van der Waals surface area contributed by atoms with Gasteiger partial charge in [-0.25, -0.2) is 4.99 Å². The summed E-state index contributed by atoms with van der Waals surface area (Å²) < 4.78 is 0. The first kappa shape index (κ1) is 28.3. The average molecular weight is 539 g/mol. The van der Waals surface area contributed by atoms with E-state index in [0.717, 1.165) is 80.4 Å². The number of aryl methyl sites for hydroxylation is 1. The fraction of sp³-hybridized carbons (Fsp3) is 0.429. The Kier molecular flexibility index (Phi) is 8.82. The first-order valence-corrected chi connectivity index (χ1v) is 14.9. The number of hydrogen-bond acceptors (Lipinski definition) is 5. The molecule has 0 saturated heterocycles. The van der Waals surface area contributed by atoms with Crippen LogP contribution in [0.25, 0.3) is 5.57 Å². The van der Waals surface area contributed by atoms with E-state index in [-0.39, 0.29) is 11.2 Å². The van der Waals surface area contributed by atoms with E-state index in [0.29, 0.717) is 12.3 Å². The molecule has 0 spiro atoms. The Bertz CT molecular complexity index is 1330. The van der Waals surface area contributed by atoms with Crippen LogP contribution in [-0.2, 0) is 0 Å². The molecule has 0 amide bonds. The van der Waals surface area contributed by atoms with Gasteiger partial charge in [-0.2, -0.15) is 0 Å². The van der Waals surface area contributed by atoms with Crippen molar-refractivity contribution in [3.05, 3.63) is 94.3 Å². The van der Waals surface area contributed by atoms with Gasteiger partial charge >= 0.3 is 0 Å². The van der Waals surface area contributed by atoms with Gasteiger partial charge in [0.1, 0.15) is 5.82 Å². The van der Waals surface area contributed by atoms with Crippen molar-refractivity contribution in [3.63, 3.8) is 0 Å². The molecule has 2 atom stereocenters. The largest absolute Gasteiger partial charge is 0.368 e. The smallest absolute Gasteiger partial charge is 0.188 e. The van der Waals surface area contributed by atoms with Gasteiger partial charge in [0.05, 0.1) is 0 Å². The highest BCUT2D eigenvalue weighted by atomic mass is 16.5. The van der Waals surface area contributed by atoms with Gasteiger partial charge in [-0.3, -0.25) is 4.79 Å². The molecule has 2 aromatic rings. The summed E-state index contributed by atoms with van der Waals surface area (Å²) in [5.41, 5.74) is 7.66. The lowest BCUT2D eigenvalue weighted by molar-refractivity contribution is -0.0576. The Hall–Kier alpha value is -3.28. The van der Waals surface area contributed by atoms with Gasteiger partial charge in [-0.05, 0) is 97.6 Å². The Balaban J connectivity index is 1.22. The molecular weight excluding hydrogens is 496 g/mol. The number of anilines is 1. The van der Waals surface area contributed by atoms with Crippen molar-refractivity contribution in [2.24, 2.45) is 16.3 Å². The van der Waals surface area contributed by atoms with Crippen LogP contribution >= 0.6 is 0 Å². The molecule has 1 fully saturated rings. The fourth-order valence-corrected chi connectivity index (χ4v) is 6.23. The molecule has 40 heavy (non-hydrogen) atoms. The molecule has 2 unspecified atom stereocenters. The molecule has 210 valence electrons. The number of aliphatic hydroxyl groups excluding tert-OH is 1. The molecule has 3 N–H and O–H groups in total. The number of fused-ring (bicyclic) bond motifs is 1. The molecule has 0 radical (unpaired) electrons. The Labute approximate surface area is 238 Å². The number of aliphatic hydroxyl groups is 2. The predicted molar refractivity (Wildman–Crippen MR) is 163 cm³/mol. The van der Waals surface area contributed by atoms with Crippen LogP contribution in [0.4, 0.5) is 5.69 Å². The Morgan fingerprint density at radius 3 is 2.48 bits per heavy atom. The number of benzene rings is 2. The number of allylic oxidation sites excluding steroid dienone is 5. The third-order valence-corrected chi connectivity index (χ3v) is 8.77. The van der Waals surface area contributed by atoms with Crippen LogP contribution in [0.3, 0.4) is 0 Å². The van der Waals surface area contributed by atoms with E-state index < -0.39 is 6.29 Å². The lowest BCUT2D eigenvalue weighted by atomic mass is 9.90. The number of carbonyl (C=O) groups is 1. The summed E-state index contributed by atoms with van der Waals surface area (Å²) >= 11 is 0. The van der Waals surface area contributed by atoms with E-state index in [1.54, 1.807) is 0 Å². The van der Waals surface area contributed by atoms with E-state index in [2.05, 4.69) is 55.6 Å². The molecular formula is C35H42N2O3. The van der Waals surface area contributed by atoms with E-state index in [1.165, 1.54) is 22.3 Å². The number of nitrogens with zero attached hydrogens (tertiary/aromatic N) is 1. The molecule has 5 nitrogen and oxygen atoms in total. The number of carbonyl (C=O) groups excluding carboxylic acids is 1. The second kappa shape index (κ2) is 12.5. The Morgan fingerprint density at radius 1 is 1.02 bits per heavy atom. The van der Waals surface area contributed by atoms with Crippen molar-refractivity contribution in [1.82, 2.24) is 0 Å². The van der Waals surface area contributed by atoms with E-state index in [4.69, 9.17) is 4.99 Å². The lowest BCUT2D eigenvalue weighted by Crippen LogP contribution is -2.13. The Morgan fingerprint density at radius 2 is 1.75 bits per heavy atom. The maximum absolute atomic E-state index is 13.4. The summed E-state index contributed by atoms with van der Waals surface area (Å²) in [4.78, 5) is 18.1. The van der Waals surface area contributed by atoms with E-state index in [1.807, 2.05) is 30.5 Å². The van der Waals surface area contributed by atoms with Gasteiger partial charge in [-0.15, -0.1) is 0 Å². The number of nitrogens with one attached hydrogen (secondary N) is 1. The highest BCUT2D eigenvalue weighted by Crippen LogP contribution is 2.62. The third-order valence-electron chi connectivity index (χ3n) is 8.77. The molecule has 3 aliphatic rings. The molecule has 1 heterocycles. The van der Waals surface area contributed by atoms with Crippen molar-refractivity contribution in [2.75, 3.05) is 5.32 Å². The highest BCUT2D eigenvalue weighted by molar-refractivity contribution is 6.08. The standard InChI is InChI=1S/C35H42N2O3/c1-24-12-14-26(15-13-24)30-20-21-36-34(31-23-35(30,31)2)37-29-18-16-28(17-19-29)33(40)27-10-5-3-4-8-25(22-32(38)39)9-6-7-11-27/h10,12-21,25,32,37-39H,3-9,11,22-23H2,1-2H3/b27-10+. The lowest BCUT2D eigenvalue weighted by Gasteiger charge is -2.17. The summed E-state index contributed by atoms with van der Waals surface area (Å²) in [7, 11) is 0. The van der Waals surface area contributed by atoms with Crippen molar-refractivity contribution < 1.29 is 15.0 Å². The van der Waals surface area contributed by atoms with Crippen LogP contribution in [0.15, 0.2) is 82.6 Å². The van der Waals surface area contributed by atoms with Gasteiger partial charge < -0.3 is 15.5 Å². The summed E-state index contributed by atoms with van der Waals surface area (Å²) in [5, 5.41) is 22.3. The molecule has 0 aromatic heterocycles. The van der Waals surface area contributed by atoms with E-state index in [9.17, 15) is 15.0 Å². The molecule has 0 bridgehead atoms. The number of aliphatic imine (C=N–C) groups is 1. The summed E-state index contributed by atoms with van der Waals surface area (Å²) in [6.07, 6.45) is 14.1. The number of Topliss-reactive ketones (excluding diaryl/α,β-unsaturated/α-hetero) is 1. The molecule has 2 aromatic carbocycles. The molecule has 1 aliphatic heterocycles. The van der Waals surface area contributed by atoms with Crippen molar-refractivity contribution in [2.45, 2.75) is 84.3 Å². The van der Waals surface area contributed by atoms with Gasteiger partial charge in [0.15, 0.2) is 12.1 Å². The predicted octanol–water partition coefficient (Wildman–Crippen LogP) is 7.76.